The first kappa shape index (κ1) is 19.8. The summed E-state index contributed by atoms with van der Waals surface area (Å²) in [5, 5.41) is 6.21. The summed E-state index contributed by atoms with van der Waals surface area (Å²) in [5.74, 6) is -1.29. The van der Waals surface area contributed by atoms with Gasteiger partial charge in [0.2, 0.25) is 11.8 Å². The maximum Gasteiger partial charge on any atom is 0.257 e. The van der Waals surface area contributed by atoms with Gasteiger partial charge < -0.3 is 11.1 Å². The average Bonchev–Trinajstić information content (AvgIpc) is 3.17. The summed E-state index contributed by atoms with van der Waals surface area (Å²) in [6.45, 7) is 0. The molecule has 30 heavy (non-hydrogen) atoms. The molecule has 3 amide bonds. The maximum atomic E-state index is 12.9. The first-order valence-electron chi connectivity index (χ1n) is 9.58. The van der Waals surface area contributed by atoms with Crippen molar-refractivity contribution in [2.75, 3.05) is 10.6 Å². The Morgan fingerprint density at radius 1 is 0.967 bits per heavy atom. The number of carbonyl (C=O) groups excluding carboxylic acids is 3. The van der Waals surface area contributed by atoms with Gasteiger partial charge in [-0.2, -0.15) is 0 Å². The summed E-state index contributed by atoms with van der Waals surface area (Å²) in [6.07, 6.45) is 2.40. The van der Waals surface area contributed by atoms with Crippen LogP contribution in [-0.2, 0) is 11.2 Å². The summed E-state index contributed by atoms with van der Waals surface area (Å²) in [6, 6.07) is 15.4. The van der Waals surface area contributed by atoms with Crippen LogP contribution in [0.2, 0.25) is 0 Å². The predicted octanol–water partition coefficient (Wildman–Crippen LogP) is 3.55. The molecule has 0 saturated carbocycles. The number of nitrogens with two attached hydrogens (primary N) is 1. The maximum absolute atomic E-state index is 12.9. The number of nitrogens with zero attached hydrogens (tertiary/aromatic N) is 1. The van der Waals surface area contributed by atoms with E-state index in [4.69, 9.17) is 5.73 Å². The van der Waals surface area contributed by atoms with Crippen LogP contribution in [0.3, 0.4) is 0 Å². The number of carbonyl (C=O) groups is 3. The summed E-state index contributed by atoms with van der Waals surface area (Å²) in [4.78, 5) is 42.0. The fourth-order valence-corrected chi connectivity index (χ4v) is 4.49. The summed E-state index contributed by atoms with van der Waals surface area (Å²) in [7, 11) is 0. The monoisotopic (exact) mass is 420 g/mol. The van der Waals surface area contributed by atoms with Gasteiger partial charge in [-0.1, -0.05) is 18.2 Å². The molecule has 0 aliphatic heterocycles. The standard InChI is InChI=1S/C22H20N4O3S/c23-19(27)13-9-11-15(12-10-13)24-21(29)16-7-4-8-17-18(16)25-22(30-17)26-20(28)14-5-2-1-3-6-14/h1-3,5-6,9-12,16H,4,7-8H2,(H2,23,27)(H,24,29)(H,25,26,28)/t16-/m0/s1. The van der Waals surface area contributed by atoms with Crippen LogP contribution in [0, 0.1) is 0 Å². The van der Waals surface area contributed by atoms with Crippen LogP contribution in [0.15, 0.2) is 54.6 Å². The average molecular weight is 420 g/mol. The van der Waals surface area contributed by atoms with Gasteiger partial charge in [0.05, 0.1) is 11.6 Å². The molecule has 0 fully saturated rings. The minimum atomic E-state index is -0.516. The van der Waals surface area contributed by atoms with Crippen molar-refractivity contribution in [1.82, 2.24) is 4.98 Å². The van der Waals surface area contributed by atoms with Crippen molar-refractivity contribution < 1.29 is 14.4 Å². The van der Waals surface area contributed by atoms with E-state index in [1.807, 2.05) is 6.07 Å². The zero-order valence-corrected chi connectivity index (χ0v) is 16.9. The topological polar surface area (TPSA) is 114 Å². The highest BCUT2D eigenvalue weighted by atomic mass is 32.1. The number of hydrogen-bond acceptors (Lipinski definition) is 5. The van der Waals surface area contributed by atoms with Gasteiger partial charge in [-0.3, -0.25) is 19.7 Å². The SMILES string of the molecule is NC(=O)c1ccc(NC(=O)[C@H]2CCCc3sc(NC(=O)c4ccccc4)nc32)cc1. The zero-order chi connectivity index (χ0) is 21.1. The lowest BCUT2D eigenvalue weighted by molar-refractivity contribution is -0.117. The minimum Gasteiger partial charge on any atom is -0.366 e. The van der Waals surface area contributed by atoms with Crippen molar-refractivity contribution in [1.29, 1.82) is 0 Å². The molecule has 8 heteroatoms. The molecule has 1 atom stereocenters. The van der Waals surface area contributed by atoms with E-state index in [1.165, 1.54) is 11.3 Å². The molecule has 0 radical (unpaired) electrons. The van der Waals surface area contributed by atoms with E-state index in [2.05, 4.69) is 15.6 Å². The number of hydrogen-bond donors (Lipinski definition) is 3. The molecule has 0 spiro atoms. The smallest absolute Gasteiger partial charge is 0.257 e. The molecule has 152 valence electrons. The Morgan fingerprint density at radius 3 is 2.40 bits per heavy atom. The largest absolute Gasteiger partial charge is 0.366 e. The number of aromatic nitrogens is 1. The highest BCUT2D eigenvalue weighted by Crippen LogP contribution is 2.37. The summed E-state index contributed by atoms with van der Waals surface area (Å²) >= 11 is 1.42. The van der Waals surface area contributed by atoms with Crippen molar-refractivity contribution in [2.24, 2.45) is 5.73 Å². The van der Waals surface area contributed by atoms with Crippen molar-refractivity contribution in [3.8, 4) is 0 Å². The third-order valence-corrected chi connectivity index (χ3v) is 6.01. The third kappa shape index (κ3) is 4.23. The molecule has 1 aromatic heterocycles. The van der Waals surface area contributed by atoms with Gasteiger partial charge in [-0.25, -0.2) is 4.98 Å². The van der Waals surface area contributed by atoms with E-state index in [-0.39, 0.29) is 17.7 Å². The van der Waals surface area contributed by atoms with Crippen molar-refractivity contribution in [3.63, 3.8) is 0 Å². The number of nitrogens with one attached hydrogen (secondary N) is 2. The molecule has 3 aromatic rings. The molecule has 0 bridgehead atoms. The zero-order valence-electron chi connectivity index (χ0n) is 16.1. The Kier molecular flexibility index (Phi) is 5.58. The normalized spacial score (nSPS) is 15.1. The van der Waals surface area contributed by atoms with Gasteiger partial charge in [-0.15, -0.1) is 11.3 Å². The lowest BCUT2D eigenvalue weighted by Gasteiger charge is -2.20. The van der Waals surface area contributed by atoms with E-state index in [0.29, 0.717) is 28.4 Å². The van der Waals surface area contributed by atoms with E-state index in [9.17, 15) is 14.4 Å². The Bertz CT molecular complexity index is 1090. The van der Waals surface area contributed by atoms with Crippen LogP contribution in [0.5, 0.6) is 0 Å². The lowest BCUT2D eigenvalue weighted by Crippen LogP contribution is -2.24. The van der Waals surface area contributed by atoms with Crippen LogP contribution >= 0.6 is 11.3 Å². The number of benzene rings is 2. The number of fused-ring (bicyclic) bond motifs is 1. The van der Waals surface area contributed by atoms with Crippen LogP contribution in [0.4, 0.5) is 10.8 Å². The van der Waals surface area contributed by atoms with Crippen LogP contribution in [-0.4, -0.2) is 22.7 Å². The van der Waals surface area contributed by atoms with Gasteiger partial charge in [0.15, 0.2) is 5.13 Å². The van der Waals surface area contributed by atoms with Gasteiger partial charge in [0, 0.05) is 21.7 Å². The van der Waals surface area contributed by atoms with E-state index in [0.717, 1.165) is 23.4 Å². The second-order valence-electron chi connectivity index (χ2n) is 7.02. The number of aryl methyl sites for hydroxylation is 1. The molecule has 1 aliphatic rings. The van der Waals surface area contributed by atoms with Crippen LogP contribution < -0.4 is 16.4 Å². The molecule has 0 saturated heterocycles. The molecule has 2 aromatic carbocycles. The molecule has 7 nitrogen and oxygen atoms in total. The molecular formula is C22H20N4O3S. The van der Waals surface area contributed by atoms with Crippen molar-refractivity contribution in [2.45, 2.75) is 25.2 Å². The fraction of sp³-hybridized carbons (Fsp3) is 0.182. The number of primary amides is 1. The Labute approximate surface area is 177 Å². The van der Waals surface area contributed by atoms with Crippen LogP contribution in [0.1, 0.15) is 50.0 Å². The molecule has 4 N–H and O–H groups in total. The first-order valence-corrected chi connectivity index (χ1v) is 10.4. The van der Waals surface area contributed by atoms with Crippen LogP contribution in [0.25, 0.3) is 0 Å². The molecule has 1 heterocycles. The van der Waals surface area contributed by atoms with Gasteiger partial charge in [-0.05, 0) is 55.7 Å². The number of rotatable bonds is 5. The predicted molar refractivity (Wildman–Crippen MR) is 116 cm³/mol. The fourth-order valence-electron chi connectivity index (χ4n) is 3.43. The molecule has 1 aliphatic carbocycles. The number of anilines is 2. The second-order valence-corrected chi connectivity index (χ2v) is 8.11. The Balaban J connectivity index is 1.48. The second kappa shape index (κ2) is 8.46. The van der Waals surface area contributed by atoms with Gasteiger partial charge in [0.1, 0.15) is 0 Å². The molecule has 0 unspecified atom stereocenters. The summed E-state index contributed by atoms with van der Waals surface area (Å²) < 4.78 is 0. The van der Waals surface area contributed by atoms with Crippen molar-refractivity contribution >= 4 is 39.9 Å². The van der Waals surface area contributed by atoms with Crippen molar-refractivity contribution in [3.05, 3.63) is 76.3 Å². The van der Waals surface area contributed by atoms with E-state index >= 15 is 0 Å². The highest BCUT2D eigenvalue weighted by Gasteiger charge is 2.30. The van der Waals surface area contributed by atoms with Gasteiger partial charge >= 0.3 is 0 Å². The lowest BCUT2D eigenvalue weighted by atomic mass is 9.90. The Hall–Kier alpha value is -3.52. The van der Waals surface area contributed by atoms with Gasteiger partial charge in [0.25, 0.3) is 5.91 Å². The summed E-state index contributed by atoms with van der Waals surface area (Å²) in [5.41, 5.74) is 7.49. The highest BCUT2D eigenvalue weighted by molar-refractivity contribution is 7.16. The first-order chi connectivity index (χ1) is 14.5. The number of thiazole rings is 1. The minimum absolute atomic E-state index is 0.158. The quantitative estimate of drug-likeness (QED) is 0.585. The number of amides is 3. The molecular weight excluding hydrogens is 400 g/mol. The van der Waals surface area contributed by atoms with E-state index in [1.54, 1.807) is 48.5 Å². The third-order valence-electron chi connectivity index (χ3n) is 4.96. The van der Waals surface area contributed by atoms with E-state index < -0.39 is 5.91 Å². The Morgan fingerprint density at radius 2 is 1.70 bits per heavy atom. The molecule has 4 rings (SSSR count).